The Kier molecular flexibility index (Phi) is 5.64. The van der Waals surface area contributed by atoms with Gasteiger partial charge in [0.25, 0.3) is 0 Å². The van der Waals surface area contributed by atoms with Crippen LogP contribution in [-0.4, -0.2) is 41.8 Å². The molecular formula is C29H36N2O. The summed E-state index contributed by atoms with van der Waals surface area (Å²) in [6.07, 6.45) is 10.2. The van der Waals surface area contributed by atoms with E-state index in [0.29, 0.717) is 11.8 Å². The van der Waals surface area contributed by atoms with Crippen molar-refractivity contribution in [3.63, 3.8) is 0 Å². The molecule has 2 aromatic carbocycles. The molecular weight excluding hydrogens is 392 g/mol. The molecule has 4 fully saturated rings. The molecule has 2 heterocycles. The summed E-state index contributed by atoms with van der Waals surface area (Å²) in [5.41, 5.74) is 7.53. The molecule has 32 heavy (non-hydrogen) atoms. The molecule has 0 N–H and O–H groups in total. The number of ketones is 1. The van der Waals surface area contributed by atoms with E-state index in [1.54, 1.807) is 0 Å². The zero-order valence-electron chi connectivity index (χ0n) is 19.3. The molecule has 3 nitrogen and oxygen atoms in total. The van der Waals surface area contributed by atoms with Crippen LogP contribution in [0, 0.1) is 0 Å². The highest BCUT2D eigenvalue weighted by molar-refractivity contribution is 6.11. The van der Waals surface area contributed by atoms with Crippen LogP contribution in [0.2, 0.25) is 0 Å². The Bertz CT molecular complexity index is 913. The van der Waals surface area contributed by atoms with Crippen molar-refractivity contribution in [1.29, 1.82) is 0 Å². The van der Waals surface area contributed by atoms with Crippen LogP contribution in [0.1, 0.15) is 101 Å². The van der Waals surface area contributed by atoms with Crippen LogP contribution in [0.4, 0.5) is 0 Å². The lowest BCUT2D eigenvalue weighted by atomic mass is 9.87. The molecule has 0 spiro atoms. The van der Waals surface area contributed by atoms with E-state index in [1.165, 1.54) is 99.8 Å². The van der Waals surface area contributed by atoms with Crippen LogP contribution in [0.25, 0.3) is 0 Å². The zero-order chi connectivity index (χ0) is 21.5. The van der Waals surface area contributed by atoms with E-state index in [-0.39, 0.29) is 5.78 Å². The second kappa shape index (κ2) is 8.76. The topological polar surface area (TPSA) is 23.6 Å². The van der Waals surface area contributed by atoms with Gasteiger partial charge in [-0.25, -0.2) is 0 Å². The van der Waals surface area contributed by atoms with Crippen molar-refractivity contribution < 1.29 is 4.79 Å². The molecule has 168 valence electrons. The maximum absolute atomic E-state index is 14.1. The highest BCUT2D eigenvalue weighted by Gasteiger charge is 2.35. The molecule has 0 amide bonds. The second-order valence-electron chi connectivity index (χ2n) is 10.6. The number of nitrogens with zero attached hydrogens (tertiary/aromatic N) is 2. The standard InChI is InChI=1S/C29H36N2O/c32-29(25-9-5-7-23(27(25)21-11-12-21)19-30-15-1-2-16-30)26-10-6-8-24(28(26)22-13-14-22)20-31-17-3-4-18-31/h5-10,21-22H,1-4,11-20H2. The number of likely N-dealkylation sites (tertiary alicyclic amines) is 2. The van der Waals surface area contributed by atoms with E-state index >= 15 is 0 Å². The van der Waals surface area contributed by atoms with E-state index in [0.717, 1.165) is 24.2 Å². The molecule has 2 saturated carbocycles. The summed E-state index contributed by atoms with van der Waals surface area (Å²) < 4.78 is 0. The summed E-state index contributed by atoms with van der Waals surface area (Å²) in [5.74, 6) is 1.45. The first kappa shape index (κ1) is 20.6. The highest BCUT2D eigenvalue weighted by Crippen LogP contribution is 2.47. The first-order chi connectivity index (χ1) is 15.8. The Labute approximate surface area is 192 Å². The number of hydrogen-bond donors (Lipinski definition) is 0. The van der Waals surface area contributed by atoms with Crippen molar-refractivity contribution in [1.82, 2.24) is 9.80 Å². The Morgan fingerprint density at radius 2 is 1.06 bits per heavy atom. The first-order valence-corrected chi connectivity index (χ1v) is 13.0. The van der Waals surface area contributed by atoms with Crippen molar-refractivity contribution in [2.75, 3.05) is 26.2 Å². The van der Waals surface area contributed by atoms with E-state index in [4.69, 9.17) is 0 Å². The summed E-state index contributed by atoms with van der Waals surface area (Å²) in [5, 5.41) is 0. The Morgan fingerprint density at radius 3 is 1.44 bits per heavy atom. The quantitative estimate of drug-likeness (QED) is 0.492. The number of rotatable bonds is 8. The van der Waals surface area contributed by atoms with Gasteiger partial charge in [-0.1, -0.05) is 36.4 Å². The van der Waals surface area contributed by atoms with Gasteiger partial charge in [-0.15, -0.1) is 0 Å². The predicted molar refractivity (Wildman–Crippen MR) is 129 cm³/mol. The molecule has 2 saturated heterocycles. The molecule has 0 unspecified atom stereocenters. The fourth-order valence-corrected chi connectivity index (χ4v) is 6.11. The van der Waals surface area contributed by atoms with Gasteiger partial charge in [0, 0.05) is 24.2 Å². The lowest BCUT2D eigenvalue weighted by Gasteiger charge is -2.22. The Morgan fingerprint density at radius 1 is 0.656 bits per heavy atom. The fraction of sp³-hybridized carbons (Fsp3) is 0.552. The van der Waals surface area contributed by atoms with Gasteiger partial charge in [0.2, 0.25) is 0 Å². The molecule has 2 aliphatic heterocycles. The van der Waals surface area contributed by atoms with Gasteiger partial charge in [0.05, 0.1) is 0 Å². The maximum atomic E-state index is 14.1. The summed E-state index contributed by atoms with van der Waals surface area (Å²) in [6.45, 7) is 6.83. The smallest absolute Gasteiger partial charge is 0.193 e. The zero-order valence-corrected chi connectivity index (χ0v) is 19.3. The summed E-state index contributed by atoms with van der Waals surface area (Å²) in [7, 11) is 0. The van der Waals surface area contributed by atoms with Crippen LogP contribution in [0.15, 0.2) is 36.4 Å². The first-order valence-electron chi connectivity index (χ1n) is 13.0. The van der Waals surface area contributed by atoms with Crippen molar-refractivity contribution in [3.05, 3.63) is 69.8 Å². The summed E-state index contributed by atoms with van der Waals surface area (Å²) >= 11 is 0. The van der Waals surface area contributed by atoms with Crippen molar-refractivity contribution >= 4 is 5.78 Å². The van der Waals surface area contributed by atoms with Gasteiger partial charge < -0.3 is 0 Å². The van der Waals surface area contributed by atoms with Gasteiger partial charge in [-0.3, -0.25) is 14.6 Å². The Hall–Kier alpha value is -1.97. The number of benzene rings is 2. The summed E-state index contributed by atoms with van der Waals surface area (Å²) in [6, 6.07) is 13.1. The average Bonchev–Trinajstić information content (AvgIpc) is 3.73. The predicted octanol–water partition coefficient (Wildman–Crippen LogP) is 5.86. The van der Waals surface area contributed by atoms with Gasteiger partial charge in [-0.05, 0) is 112 Å². The minimum atomic E-state index is 0.278. The molecule has 4 aliphatic rings. The van der Waals surface area contributed by atoms with Crippen LogP contribution < -0.4 is 0 Å². The lowest BCUT2D eigenvalue weighted by Crippen LogP contribution is -2.21. The van der Waals surface area contributed by atoms with E-state index in [1.807, 2.05) is 0 Å². The van der Waals surface area contributed by atoms with Gasteiger partial charge in [-0.2, -0.15) is 0 Å². The second-order valence-corrected chi connectivity index (χ2v) is 10.6. The molecule has 3 heteroatoms. The number of hydrogen-bond acceptors (Lipinski definition) is 3. The normalized spacial score (nSPS) is 22.0. The SMILES string of the molecule is O=C(c1cccc(CN2CCCC2)c1C1CC1)c1cccc(CN2CCCC2)c1C1CC1. The highest BCUT2D eigenvalue weighted by atomic mass is 16.1. The van der Waals surface area contributed by atoms with Gasteiger partial charge >= 0.3 is 0 Å². The average molecular weight is 429 g/mol. The fourth-order valence-electron chi connectivity index (χ4n) is 6.11. The molecule has 0 bridgehead atoms. The molecule has 0 atom stereocenters. The Balaban J connectivity index is 1.36. The van der Waals surface area contributed by atoms with Crippen LogP contribution in [0.3, 0.4) is 0 Å². The molecule has 2 aliphatic carbocycles. The molecule has 0 aromatic heterocycles. The molecule has 6 rings (SSSR count). The van der Waals surface area contributed by atoms with Gasteiger partial charge in [0.1, 0.15) is 0 Å². The minimum absolute atomic E-state index is 0.278. The number of carbonyl (C=O) groups is 1. The monoisotopic (exact) mass is 428 g/mol. The van der Waals surface area contributed by atoms with Gasteiger partial charge in [0.15, 0.2) is 5.78 Å². The third-order valence-electron chi connectivity index (χ3n) is 8.04. The van der Waals surface area contributed by atoms with Crippen molar-refractivity contribution in [2.45, 2.75) is 76.3 Å². The largest absolute Gasteiger partial charge is 0.299 e. The summed E-state index contributed by atoms with van der Waals surface area (Å²) in [4.78, 5) is 19.2. The molecule has 2 aromatic rings. The lowest BCUT2D eigenvalue weighted by molar-refractivity contribution is 0.103. The van der Waals surface area contributed by atoms with E-state index in [9.17, 15) is 4.79 Å². The van der Waals surface area contributed by atoms with Crippen LogP contribution in [0.5, 0.6) is 0 Å². The molecule has 0 radical (unpaired) electrons. The van der Waals surface area contributed by atoms with Crippen LogP contribution in [-0.2, 0) is 13.1 Å². The minimum Gasteiger partial charge on any atom is -0.299 e. The maximum Gasteiger partial charge on any atom is 0.193 e. The third kappa shape index (κ3) is 4.18. The van der Waals surface area contributed by atoms with Crippen molar-refractivity contribution in [3.8, 4) is 0 Å². The van der Waals surface area contributed by atoms with Crippen LogP contribution >= 0.6 is 0 Å². The third-order valence-corrected chi connectivity index (χ3v) is 8.04. The van der Waals surface area contributed by atoms with E-state index in [2.05, 4.69) is 46.2 Å². The number of carbonyl (C=O) groups excluding carboxylic acids is 1. The van der Waals surface area contributed by atoms with Crippen molar-refractivity contribution in [2.24, 2.45) is 0 Å². The van der Waals surface area contributed by atoms with E-state index < -0.39 is 0 Å².